The fraction of sp³-hybridized carbons (Fsp3) is 0.690. The summed E-state index contributed by atoms with van der Waals surface area (Å²) in [6.07, 6.45) is 7.30. The highest BCUT2D eigenvalue weighted by molar-refractivity contribution is 5.98. The van der Waals surface area contributed by atoms with Gasteiger partial charge in [-0.25, -0.2) is 4.79 Å². The number of aromatic nitrogens is 1. The molecule has 1 saturated heterocycles. The molecule has 9 nitrogen and oxygen atoms in total. The number of Topliss-reactive ketones (excluding diaryl/α,β-unsaturated/α-hetero) is 1. The summed E-state index contributed by atoms with van der Waals surface area (Å²) in [5, 5.41) is 13.0. The van der Waals surface area contributed by atoms with Crippen molar-refractivity contribution < 1.29 is 24.3 Å². The maximum absolute atomic E-state index is 13.9. The lowest BCUT2D eigenvalue weighted by atomic mass is 9.76. The summed E-state index contributed by atoms with van der Waals surface area (Å²) in [5.74, 6) is -2.55. The number of carbonyl (C=O) groups excluding carboxylic acids is 3. The Morgan fingerprint density at radius 3 is 2.39 bits per heavy atom. The number of rotatable bonds is 8. The van der Waals surface area contributed by atoms with Crippen LogP contribution in [0.15, 0.2) is 23.0 Å². The molecule has 0 aromatic carbocycles. The minimum Gasteiger partial charge on any atom is -0.480 e. The van der Waals surface area contributed by atoms with Gasteiger partial charge in [0.1, 0.15) is 12.1 Å². The Balaban J connectivity index is 1.57. The van der Waals surface area contributed by atoms with Gasteiger partial charge in [-0.1, -0.05) is 52.5 Å². The molecule has 2 saturated carbocycles. The van der Waals surface area contributed by atoms with Gasteiger partial charge in [0.2, 0.25) is 17.4 Å². The molecule has 3 fully saturated rings. The van der Waals surface area contributed by atoms with Gasteiger partial charge in [0.15, 0.2) is 5.78 Å². The summed E-state index contributed by atoms with van der Waals surface area (Å²) in [4.78, 5) is 68.8. The van der Waals surface area contributed by atoms with E-state index in [2.05, 4.69) is 10.3 Å². The van der Waals surface area contributed by atoms with Gasteiger partial charge in [0.25, 0.3) is 0 Å². The van der Waals surface area contributed by atoms with E-state index in [9.17, 15) is 29.1 Å². The lowest BCUT2D eigenvalue weighted by Gasteiger charge is -2.37. The van der Waals surface area contributed by atoms with Gasteiger partial charge in [-0.2, -0.15) is 0 Å². The van der Waals surface area contributed by atoms with Gasteiger partial charge in [-0.3, -0.25) is 19.2 Å². The largest absolute Gasteiger partial charge is 0.480 e. The van der Waals surface area contributed by atoms with E-state index >= 15 is 0 Å². The van der Waals surface area contributed by atoms with E-state index in [1.807, 2.05) is 20.8 Å². The summed E-state index contributed by atoms with van der Waals surface area (Å²) < 4.78 is 0. The molecule has 0 bridgehead atoms. The summed E-state index contributed by atoms with van der Waals surface area (Å²) in [7, 11) is 0. The Kier molecular flexibility index (Phi) is 8.43. The zero-order chi connectivity index (χ0) is 27.6. The molecule has 1 aromatic rings. The van der Waals surface area contributed by atoms with E-state index in [1.54, 1.807) is 0 Å². The van der Waals surface area contributed by atoms with Gasteiger partial charge in [0.05, 0.1) is 5.69 Å². The number of H-pyrrole nitrogens is 1. The number of carbonyl (C=O) groups is 4. The summed E-state index contributed by atoms with van der Waals surface area (Å²) in [6, 6.07) is 2.59. The third-order valence-corrected chi connectivity index (χ3v) is 8.86. The van der Waals surface area contributed by atoms with Gasteiger partial charge in [0, 0.05) is 24.9 Å². The molecule has 4 rings (SSSR count). The van der Waals surface area contributed by atoms with E-state index < -0.39 is 29.4 Å². The molecule has 2 heterocycles. The van der Waals surface area contributed by atoms with Crippen LogP contribution in [0.3, 0.4) is 0 Å². The van der Waals surface area contributed by atoms with Crippen molar-refractivity contribution in [2.45, 2.75) is 90.6 Å². The van der Waals surface area contributed by atoms with Gasteiger partial charge in [-0.15, -0.1) is 0 Å². The molecule has 1 aromatic heterocycles. The van der Waals surface area contributed by atoms with Crippen LogP contribution in [-0.4, -0.2) is 57.2 Å². The highest BCUT2D eigenvalue weighted by Gasteiger charge is 2.52. The average Bonchev–Trinajstić information content (AvgIpc) is 3.46. The first-order valence-corrected chi connectivity index (χ1v) is 14.0. The average molecular weight is 528 g/mol. The second kappa shape index (κ2) is 11.4. The monoisotopic (exact) mass is 527 g/mol. The van der Waals surface area contributed by atoms with Crippen molar-refractivity contribution in [1.29, 1.82) is 0 Å². The van der Waals surface area contributed by atoms with E-state index in [1.165, 1.54) is 23.1 Å². The standard InChI is InChI=1S/C29H41N3O6/c1-29(2,3)25(27(36)32-16-18-11-7-12-19(18)24(32)28(37)38)31-26(35)20(17-9-5-4-6-10-17)15-22(33)21-13-8-14-23(34)30-21/h8,13-14,17-20,24-25H,4-7,9-12,15-16H2,1-3H3,(H,30,34)(H,31,35)(H,37,38)/t18-,19-,20-,24-,25+/m0/s1. The molecule has 208 valence electrons. The normalized spacial score (nSPS) is 25.4. The molecule has 0 radical (unpaired) electrons. The summed E-state index contributed by atoms with van der Waals surface area (Å²) >= 11 is 0. The minimum absolute atomic E-state index is 0.00299. The number of carboxylic acid groups (broad SMARTS) is 1. The molecule has 5 atom stereocenters. The highest BCUT2D eigenvalue weighted by atomic mass is 16.4. The molecule has 1 aliphatic heterocycles. The van der Waals surface area contributed by atoms with Gasteiger partial charge < -0.3 is 20.3 Å². The number of aromatic amines is 1. The quantitative estimate of drug-likeness (QED) is 0.443. The molecule has 2 amide bonds. The van der Waals surface area contributed by atoms with Crippen LogP contribution in [0.5, 0.6) is 0 Å². The molecule has 0 unspecified atom stereocenters. The lowest BCUT2D eigenvalue weighted by Crippen LogP contribution is -2.58. The van der Waals surface area contributed by atoms with Crippen molar-refractivity contribution in [3.63, 3.8) is 0 Å². The third kappa shape index (κ3) is 6.02. The number of pyridine rings is 1. The Hall–Kier alpha value is -2.97. The highest BCUT2D eigenvalue weighted by Crippen LogP contribution is 2.43. The van der Waals surface area contributed by atoms with Crippen LogP contribution in [0.25, 0.3) is 0 Å². The predicted molar refractivity (Wildman–Crippen MR) is 141 cm³/mol. The van der Waals surface area contributed by atoms with Crippen molar-refractivity contribution in [3.8, 4) is 0 Å². The van der Waals surface area contributed by atoms with Gasteiger partial charge in [-0.05, 0) is 54.9 Å². The van der Waals surface area contributed by atoms with Crippen molar-refractivity contribution in [2.75, 3.05) is 6.54 Å². The van der Waals surface area contributed by atoms with Crippen LogP contribution in [0.4, 0.5) is 0 Å². The molecule has 38 heavy (non-hydrogen) atoms. The van der Waals surface area contributed by atoms with E-state index in [0.29, 0.717) is 6.54 Å². The maximum atomic E-state index is 13.9. The number of fused-ring (bicyclic) bond motifs is 1. The van der Waals surface area contributed by atoms with Gasteiger partial charge >= 0.3 is 5.97 Å². The van der Waals surface area contributed by atoms with Crippen LogP contribution >= 0.6 is 0 Å². The third-order valence-electron chi connectivity index (χ3n) is 8.86. The first-order valence-electron chi connectivity index (χ1n) is 14.0. The number of nitrogens with one attached hydrogen (secondary N) is 2. The topological polar surface area (TPSA) is 137 Å². The predicted octanol–water partition coefficient (Wildman–Crippen LogP) is 3.39. The van der Waals surface area contributed by atoms with Crippen molar-refractivity contribution in [1.82, 2.24) is 15.2 Å². The SMILES string of the molecule is CC(C)(C)[C@H](NC(=O)[C@@H](CC(=O)c1cccc(=O)[nH]1)C1CCCCC1)C(=O)N1C[C@@H]2CCC[C@@H]2[C@H]1C(=O)O. The number of hydrogen-bond donors (Lipinski definition) is 3. The molecule has 9 heteroatoms. The molecule has 0 spiro atoms. The zero-order valence-electron chi connectivity index (χ0n) is 22.7. The minimum atomic E-state index is -0.991. The first kappa shape index (κ1) is 28.0. The van der Waals surface area contributed by atoms with Crippen LogP contribution in [0, 0.1) is 29.1 Å². The summed E-state index contributed by atoms with van der Waals surface area (Å²) in [5.41, 5.74) is -0.877. The van der Waals surface area contributed by atoms with E-state index in [4.69, 9.17) is 0 Å². The number of ketones is 1. The molecular weight excluding hydrogens is 486 g/mol. The van der Waals surface area contributed by atoms with Crippen LogP contribution in [0.2, 0.25) is 0 Å². The molecule has 3 N–H and O–H groups in total. The zero-order valence-corrected chi connectivity index (χ0v) is 22.7. The lowest BCUT2D eigenvalue weighted by molar-refractivity contribution is -0.152. The molecule has 2 aliphatic carbocycles. The fourth-order valence-electron chi connectivity index (χ4n) is 6.84. The maximum Gasteiger partial charge on any atom is 0.326 e. The second-order valence-corrected chi connectivity index (χ2v) is 12.5. The fourth-order valence-corrected chi connectivity index (χ4v) is 6.84. The number of amides is 2. The Labute approximate surface area is 223 Å². The number of likely N-dealkylation sites (tertiary alicyclic amines) is 1. The Bertz CT molecular complexity index is 1120. The Morgan fingerprint density at radius 1 is 1.05 bits per heavy atom. The molecular formula is C29H41N3O6. The van der Waals surface area contributed by atoms with E-state index in [-0.39, 0.29) is 53.0 Å². The number of hydrogen-bond acceptors (Lipinski definition) is 5. The van der Waals surface area contributed by atoms with Crippen molar-refractivity contribution in [2.24, 2.45) is 29.1 Å². The van der Waals surface area contributed by atoms with Crippen molar-refractivity contribution in [3.05, 3.63) is 34.2 Å². The number of nitrogens with zero attached hydrogens (tertiary/aromatic N) is 1. The second-order valence-electron chi connectivity index (χ2n) is 12.5. The molecule has 3 aliphatic rings. The van der Waals surface area contributed by atoms with Crippen LogP contribution in [0.1, 0.15) is 89.0 Å². The Morgan fingerprint density at radius 2 is 1.76 bits per heavy atom. The smallest absolute Gasteiger partial charge is 0.326 e. The summed E-state index contributed by atoms with van der Waals surface area (Å²) in [6.45, 7) is 5.98. The van der Waals surface area contributed by atoms with Crippen LogP contribution < -0.4 is 10.9 Å². The number of carboxylic acids is 1. The van der Waals surface area contributed by atoms with Crippen molar-refractivity contribution >= 4 is 23.6 Å². The van der Waals surface area contributed by atoms with E-state index in [0.717, 1.165) is 51.4 Å². The first-order chi connectivity index (χ1) is 18.0. The van der Waals surface area contributed by atoms with Crippen LogP contribution in [-0.2, 0) is 14.4 Å². The number of aliphatic carboxylic acids is 1.